The topological polar surface area (TPSA) is 93.5 Å². The maximum atomic E-state index is 11.6. The standard InChI is InChI=1S/2C28H30N2O2/c2*1-32-26-15-14-22(24-4-2-3-5-25(24)26)18-8-10-20(11-9-18)28(31)27-23(19-6-7-19)13-12-21-16-29-17-30(21)27/h2*2-5,12-20,28,31H,6-11H2,1H3/t2*18?,20?,28-/m10/s1. The minimum atomic E-state index is -0.433. The van der Waals surface area contributed by atoms with Crippen LogP contribution in [0.3, 0.4) is 0 Å². The Morgan fingerprint density at radius 3 is 1.16 bits per heavy atom. The second-order valence-corrected chi connectivity index (χ2v) is 19.2. The second kappa shape index (κ2) is 17.4. The SMILES string of the molecule is COc1ccc(C2CCC([C@@H](O)c3c(C4CC4)ccc4cncn34)CC2)c2ccccc12.COc1ccc(C2CCC([C@H](O)c3c(C4CC4)ccc4cncn34)CC2)c2ccccc12. The van der Waals surface area contributed by atoms with Crippen LogP contribution in [0.2, 0.25) is 0 Å². The number of rotatable bonds is 10. The minimum absolute atomic E-state index is 0.293. The normalized spacial score (nSPS) is 22.3. The Hall–Kier alpha value is -5.70. The Kier molecular flexibility index (Phi) is 11.1. The molecule has 4 heterocycles. The maximum absolute atomic E-state index is 11.6. The van der Waals surface area contributed by atoms with Crippen LogP contribution in [0.5, 0.6) is 11.5 Å². The molecule has 0 saturated heterocycles. The Labute approximate surface area is 375 Å². The van der Waals surface area contributed by atoms with Crippen molar-refractivity contribution >= 4 is 32.6 Å². The first kappa shape index (κ1) is 41.0. The summed E-state index contributed by atoms with van der Waals surface area (Å²) in [6.07, 6.45) is 20.2. The molecule has 2 N–H and O–H groups in total. The molecule has 4 aliphatic carbocycles. The second-order valence-electron chi connectivity index (χ2n) is 19.2. The molecule has 4 saturated carbocycles. The molecule has 12 rings (SSSR count). The number of pyridine rings is 2. The Balaban J connectivity index is 0.000000143. The molecule has 8 nitrogen and oxygen atoms in total. The molecule has 328 valence electrons. The molecule has 4 aromatic heterocycles. The average molecular weight is 853 g/mol. The molecule has 4 fully saturated rings. The summed E-state index contributed by atoms with van der Waals surface area (Å²) in [6.45, 7) is 0. The van der Waals surface area contributed by atoms with Crippen molar-refractivity contribution in [2.24, 2.45) is 11.8 Å². The molecule has 8 aromatic rings. The third-order valence-corrected chi connectivity index (χ3v) is 15.5. The van der Waals surface area contributed by atoms with Crippen LogP contribution < -0.4 is 9.47 Å². The van der Waals surface area contributed by atoms with Crippen molar-refractivity contribution in [1.29, 1.82) is 0 Å². The number of imidazole rings is 2. The van der Waals surface area contributed by atoms with E-state index in [4.69, 9.17) is 9.47 Å². The van der Waals surface area contributed by atoms with Gasteiger partial charge in [-0.3, -0.25) is 0 Å². The number of methoxy groups -OCH3 is 2. The molecular weight excluding hydrogens is 793 g/mol. The summed E-state index contributed by atoms with van der Waals surface area (Å²) >= 11 is 0. The van der Waals surface area contributed by atoms with E-state index < -0.39 is 12.2 Å². The highest BCUT2D eigenvalue weighted by Gasteiger charge is 2.37. The average Bonchev–Trinajstić information content (AvgIpc) is 4.29. The van der Waals surface area contributed by atoms with Crippen LogP contribution in [0.1, 0.15) is 147 Å². The maximum Gasteiger partial charge on any atom is 0.126 e. The van der Waals surface area contributed by atoms with Crippen LogP contribution in [0, 0.1) is 11.8 Å². The largest absolute Gasteiger partial charge is 0.496 e. The number of hydrogen-bond donors (Lipinski definition) is 2. The fourth-order valence-corrected chi connectivity index (χ4v) is 11.8. The zero-order valence-electron chi connectivity index (χ0n) is 37.2. The number of nitrogens with zero attached hydrogens (tertiary/aromatic N) is 4. The molecule has 0 amide bonds. The van der Waals surface area contributed by atoms with Gasteiger partial charge in [-0.1, -0.05) is 72.8 Å². The zero-order valence-corrected chi connectivity index (χ0v) is 37.2. The van der Waals surface area contributed by atoms with Crippen LogP contribution >= 0.6 is 0 Å². The number of aliphatic hydroxyl groups is 2. The smallest absolute Gasteiger partial charge is 0.126 e. The van der Waals surface area contributed by atoms with Gasteiger partial charge in [-0.25, -0.2) is 9.97 Å². The van der Waals surface area contributed by atoms with E-state index in [0.29, 0.717) is 35.5 Å². The van der Waals surface area contributed by atoms with Gasteiger partial charge in [0.1, 0.15) is 11.5 Å². The molecule has 0 unspecified atom stereocenters. The first-order valence-electron chi connectivity index (χ1n) is 23.9. The molecule has 0 radical (unpaired) electrons. The summed E-state index contributed by atoms with van der Waals surface area (Å²) in [5, 5.41) is 28.1. The van der Waals surface area contributed by atoms with Crippen LogP contribution in [0.15, 0.2) is 122 Å². The first-order chi connectivity index (χ1) is 31.5. The van der Waals surface area contributed by atoms with Gasteiger partial charge in [0.2, 0.25) is 0 Å². The molecule has 0 spiro atoms. The van der Waals surface area contributed by atoms with E-state index in [0.717, 1.165) is 85.3 Å². The van der Waals surface area contributed by atoms with Gasteiger partial charge in [-0.15, -0.1) is 0 Å². The van der Waals surface area contributed by atoms with Crippen LogP contribution in [0.4, 0.5) is 0 Å². The lowest BCUT2D eigenvalue weighted by Gasteiger charge is -2.33. The van der Waals surface area contributed by atoms with Crippen molar-refractivity contribution in [1.82, 2.24) is 18.8 Å². The monoisotopic (exact) mass is 852 g/mol. The number of benzene rings is 4. The van der Waals surface area contributed by atoms with Gasteiger partial charge >= 0.3 is 0 Å². The van der Waals surface area contributed by atoms with Crippen LogP contribution in [-0.4, -0.2) is 43.2 Å². The van der Waals surface area contributed by atoms with Crippen molar-refractivity contribution < 1.29 is 19.7 Å². The van der Waals surface area contributed by atoms with Gasteiger partial charge < -0.3 is 28.5 Å². The summed E-state index contributed by atoms with van der Waals surface area (Å²) in [6, 6.07) is 34.6. The fourth-order valence-electron chi connectivity index (χ4n) is 11.8. The predicted octanol–water partition coefficient (Wildman–Crippen LogP) is 12.8. The fraction of sp³-hybridized carbons (Fsp3) is 0.393. The van der Waals surface area contributed by atoms with E-state index in [-0.39, 0.29) is 0 Å². The summed E-state index contributed by atoms with van der Waals surface area (Å²) in [7, 11) is 3.48. The van der Waals surface area contributed by atoms with Gasteiger partial charge in [0.05, 0.1) is 73.9 Å². The number of fused-ring (bicyclic) bond motifs is 4. The van der Waals surface area contributed by atoms with Crippen molar-refractivity contribution in [2.75, 3.05) is 14.2 Å². The highest BCUT2D eigenvalue weighted by Crippen LogP contribution is 2.50. The molecule has 4 aromatic carbocycles. The number of ether oxygens (including phenoxy) is 2. The third kappa shape index (κ3) is 7.62. The highest BCUT2D eigenvalue weighted by atomic mass is 16.5. The summed E-state index contributed by atoms with van der Waals surface area (Å²) in [4.78, 5) is 8.69. The van der Waals surface area contributed by atoms with Crippen molar-refractivity contribution in [3.05, 3.63) is 156 Å². The number of hydrogen-bond acceptors (Lipinski definition) is 6. The zero-order chi connectivity index (χ0) is 43.3. The molecule has 8 heteroatoms. The lowest BCUT2D eigenvalue weighted by atomic mass is 9.74. The van der Waals surface area contributed by atoms with E-state index in [1.807, 2.05) is 25.0 Å². The Morgan fingerprint density at radius 1 is 0.438 bits per heavy atom. The van der Waals surface area contributed by atoms with Gasteiger partial charge in [-0.05, 0) is 170 Å². The lowest BCUT2D eigenvalue weighted by molar-refractivity contribution is 0.0754. The number of aliphatic hydroxyl groups excluding tert-OH is 2. The van der Waals surface area contributed by atoms with E-state index in [1.54, 1.807) is 14.2 Å². The lowest BCUT2D eigenvalue weighted by Crippen LogP contribution is -2.22. The van der Waals surface area contributed by atoms with E-state index in [2.05, 4.69) is 116 Å². The molecular formula is C56H60N4O4. The number of aromatic nitrogens is 4. The van der Waals surface area contributed by atoms with Gasteiger partial charge in [0.15, 0.2) is 0 Å². The molecule has 4 aliphatic rings. The van der Waals surface area contributed by atoms with E-state index >= 15 is 0 Å². The Morgan fingerprint density at radius 2 is 0.781 bits per heavy atom. The van der Waals surface area contributed by atoms with E-state index in [9.17, 15) is 10.2 Å². The first-order valence-corrected chi connectivity index (χ1v) is 23.9. The molecule has 64 heavy (non-hydrogen) atoms. The third-order valence-electron chi connectivity index (χ3n) is 15.5. The highest BCUT2D eigenvalue weighted by molar-refractivity contribution is 5.92. The van der Waals surface area contributed by atoms with Crippen molar-refractivity contribution in [3.8, 4) is 11.5 Å². The van der Waals surface area contributed by atoms with E-state index in [1.165, 1.54) is 69.5 Å². The Bertz CT molecular complexity index is 2730. The quantitative estimate of drug-likeness (QED) is 0.142. The van der Waals surface area contributed by atoms with Crippen LogP contribution in [0.25, 0.3) is 32.6 Å². The molecule has 0 aliphatic heterocycles. The van der Waals surface area contributed by atoms with Gasteiger partial charge in [0.25, 0.3) is 0 Å². The summed E-state index contributed by atoms with van der Waals surface area (Å²) in [5.74, 6) is 4.73. The van der Waals surface area contributed by atoms with Gasteiger partial charge in [0, 0.05) is 10.8 Å². The van der Waals surface area contributed by atoms with Crippen molar-refractivity contribution in [2.45, 2.75) is 113 Å². The molecule has 0 bridgehead atoms. The summed E-state index contributed by atoms with van der Waals surface area (Å²) < 4.78 is 15.4. The minimum Gasteiger partial charge on any atom is -0.496 e. The van der Waals surface area contributed by atoms with Crippen molar-refractivity contribution in [3.63, 3.8) is 0 Å². The summed E-state index contributed by atoms with van der Waals surface area (Å²) in [5.41, 5.74) is 9.80. The molecule has 2 atom stereocenters. The predicted molar refractivity (Wildman–Crippen MR) is 255 cm³/mol. The van der Waals surface area contributed by atoms with Gasteiger partial charge in [-0.2, -0.15) is 0 Å². The van der Waals surface area contributed by atoms with Crippen LogP contribution in [-0.2, 0) is 0 Å².